The Morgan fingerprint density at radius 1 is 1.05 bits per heavy atom. The third kappa shape index (κ3) is 5.62. The predicted molar refractivity (Wildman–Crippen MR) is 149 cm³/mol. The zero-order valence-electron chi connectivity index (χ0n) is 24.3. The number of ketones is 1. The van der Waals surface area contributed by atoms with Crippen LogP contribution in [0.4, 0.5) is 0 Å². The van der Waals surface area contributed by atoms with Gasteiger partial charge in [0, 0.05) is 37.4 Å². The summed E-state index contributed by atoms with van der Waals surface area (Å²) in [6.07, 6.45) is 0. The lowest BCUT2D eigenvalue weighted by Crippen LogP contribution is -2.42. The van der Waals surface area contributed by atoms with Gasteiger partial charge in [-0.1, -0.05) is 0 Å². The van der Waals surface area contributed by atoms with Crippen molar-refractivity contribution in [3.8, 4) is 17.2 Å². The first kappa shape index (κ1) is 29.9. The Morgan fingerprint density at radius 3 is 2.24 bits per heavy atom. The molecule has 1 amide bonds. The smallest absolute Gasteiger partial charge is 0.355 e. The molecule has 0 radical (unpaired) electrons. The van der Waals surface area contributed by atoms with E-state index >= 15 is 0 Å². The molecule has 0 saturated carbocycles. The van der Waals surface area contributed by atoms with Crippen molar-refractivity contribution < 1.29 is 43.2 Å². The Hall–Kier alpha value is -4.03. The van der Waals surface area contributed by atoms with E-state index < -0.39 is 29.5 Å². The number of esters is 1. The zero-order chi connectivity index (χ0) is 29.8. The minimum atomic E-state index is -0.968. The number of nitrogens with one attached hydrogen (secondary N) is 1. The molecule has 222 valence electrons. The maximum absolute atomic E-state index is 13.6. The molecule has 2 aliphatic rings. The lowest BCUT2D eigenvalue weighted by Gasteiger charge is -2.31. The molecule has 2 fully saturated rings. The van der Waals surface area contributed by atoms with Crippen molar-refractivity contribution in [2.24, 2.45) is 0 Å². The topological polar surface area (TPSA) is 140 Å². The number of hydrogen-bond donors (Lipinski definition) is 2. The van der Waals surface area contributed by atoms with Gasteiger partial charge in [0.05, 0.1) is 52.8 Å². The van der Waals surface area contributed by atoms with E-state index in [9.17, 15) is 19.5 Å². The molecular weight excluding hydrogens is 534 g/mol. The third-order valence-electron chi connectivity index (χ3n) is 7.46. The number of rotatable bonds is 10. The molecule has 1 aromatic heterocycles. The van der Waals surface area contributed by atoms with Crippen LogP contribution in [-0.2, 0) is 19.1 Å². The number of amides is 1. The van der Waals surface area contributed by atoms with E-state index in [4.69, 9.17) is 23.7 Å². The summed E-state index contributed by atoms with van der Waals surface area (Å²) in [7, 11) is 4.42. The van der Waals surface area contributed by atoms with Crippen LogP contribution in [-0.4, -0.2) is 105 Å². The first-order valence-corrected chi connectivity index (χ1v) is 13.4. The molecule has 0 bridgehead atoms. The second-order valence-electron chi connectivity index (χ2n) is 9.75. The van der Waals surface area contributed by atoms with E-state index in [-0.39, 0.29) is 30.0 Å². The number of ether oxygens (including phenoxy) is 5. The largest absolute Gasteiger partial charge is 0.507 e. The Kier molecular flexibility index (Phi) is 9.24. The lowest BCUT2D eigenvalue weighted by molar-refractivity contribution is -0.140. The van der Waals surface area contributed by atoms with Crippen LogP contribution in [0.2, 0.25) is 0 Å². The van der Waals surface area contributed by atoms with E-state index in [2.05, 4.69) is 9.88 Å². The molecule has 1 aromatic carbocycles. The number of methoxy groups -OCH3 is 3. The highest BCUT2D eigenvalue weighted by molar-refractivity contribution is 6.46. The summed E-state index contributed by atoms with van der Waals surface area (Å²) in [5, 5.41) is 11.7. The number of aromatic nitrogens is 1. The molecule has 0 spiro atoms. The zero-order valence-corrected chi connectivity index (χ0v) is 24.3. The SMILES string of the molecule is CCOC(=O)c1[nH]c(C)c(/C(O)=C2\C(=O)C(=O)N(CCN3CCOCC3)C2c2cc(OC)c(OC)c(OC)c2)c1C. The highest BCUT2D eigenvalue weighted by Crippen LogP contribution is 2.46. The van der Waals surface area contributed by atoms with Crippen molar-refractivity contribution in [2.45, 2.75) is 26.8 Å². The number of aliphatic hydroxyl groups is 1. The molecule has 1 unspecified atom stereocenters. The van der Waals surface area contributed by atoms with Crippen molar-refractivity contribution in [1.29, 1.82) is 0 Å². The van der Waals surface area contributed by atoms with Crippen LogP contribution < -0.4 is 14.2 Å². The van der Waals surface area contributed by atoms with Gasteiger partial charge in [-0.15, -0.1) is 0 Å². The van der Waals surface area contributed by atoms with Crippen LogP contribution in [0.1, 0.15) is 45.8 Å². The molecule has 12 heteroatoms. The number of H-pyrrole nitrogens is 1. The highest BCUT2D eigenvalue weighted by atomic mass is 16.5. The summed E-state index contributed by atoms with van der Waals surface area (Å²) in [6.45, 7) is 8.50. The molecule has 2 saturated heterocycles. The maximum atomic E-state index is 13.6. The standard InChI is InChI=1S/C29H37N3O9/c1-7-41-29(36)23-16(2)21(17(3)30-23)25(33)22-24(18-14-19(37-4)27(39-6)20(15-18)38-5)32(28(35)26(22)34)9-8-31-10-12-40-13-11-31/h14-15,24,30,33H,7-13H2,1-6H3/b25-22+. The number of carbonyl (C=O) groups excluding carboxylic acids is 3. The summed E-state index contributed by atoms with van der Waals surface area (Å²) in [4.78, 5) is 46.3. The summed E-state index contributed by atoms with van der Waals surface area (Å²) in [5.41, 5.74) is 1.66. The predicted octanol–water partition coefficient (Wildman–Crippen LogP) is 2.59. The molecule has 2 aliphatic heterocycles. The third-order valence-corrected chi connectivity index (χ3v) is 7.46. The van der Waals surface area contributed by atoms with Gasteiger partial charge in [0.2, 0.25) is 5.75 Å². The Labute approximate surface area is 238 Å². The Morgan fingerprint density at radius 2 is 1.68 bits per heavy atom. The van der Waals surface area contributed by atoms with Crippen LogP contribution >= 0.6 is 0 Å². The van der Waals surface area contributed by atoms with Crippen LogP contribution in [0.25, 0.3) is 5.76 Å². The summed E-state index contributed by atoms with van der Waals surface area (Å²) >= 11 is 0. The van der Waals surface area contributed by atoms with Gasteiger partial charge in [-0.25, -0.2) is 4.79 Å². The van der Waals surface area contributed by atoms with Crippen LogP contribution in [0.15, 0.2) is 17.7 Å². The summed E-state index contributed by atoms with van der Waals surface area (Å²) in [5.74, 6) is -1.54. The molecule has 41 heavy (non-hydrogen) atoms. The minimum Gasteiger partial charge on any atom is -0.507 e. The molecule has 2 N–H and O–H groups in total. The fraction of sp³-hybridized carbons (Fsp3) is 0.483. The number of Topliss-reactive ketones (excluding diaryl/α,β-unsaturated/α-hetero) is 1. The van der Waals surface area contributed by atoms with Gasteiger partial charge in [0.15, 0.2) is 11.5 Å². The molecular formula is C29H37N3O9. The van der Waals surface area contributed by atoms with Gasteiger partial charge in [-0.2, -0.15) is 0 Å². The maximum Gasteiger partial charge on any atom is 0.355 e. The number of aryl methyl sites for hydroxylation is 1. The molecule has 12 nitrogen and oxygen atoms in total. The van der Waals surface area contributed by atoms with E-state index in [1.165, 1.54) is 26.2 Å². The number of nitrogens with zero attached hydrogens (tertiary/aromatic N) is 2. The van der Waals surface area contributed by atoms with Gasteiger partial charge in [0.25, 0.3) is 11.7 Å². The first-order chi connectivity index (χ1) is 19.7. The van der Waals surface area contributed by atoms with Gasteiger partial charge in [0.1, 0.15) is 11.5 Å². The second-order valence-corrected chi connectivity index (χ2v) is 9.75. The molecule has 4 rings (SSSR count). The van der Waals surface area contributed by atoms with Gasteiger partial charge in [-0.05, 0) is 44.0 Å². The van der Waals surface area contributed by atoms with Gasteiger partial charge < -0.3 is 38.7 Å². The van der Waals surface area contributed by atoms with Crippen LogP contribution in [0.5, 0.6) is 17.2 Å². The van der Waals surface area contributed by atoms with Crippen molar-refractivity contribution >= 4 is 23.4 Å². The Balaban J connectivity index is 1.89. The van der Waals surface area contributed by atoms with Crippen LogP contribution in [0.3, 0.4) is 0 Å². The van der Waals surface area contributed by atoms with Crippen molar-refractivity contribution in [3.63, 3.8) is 0 Å². The fourth-order valence-electron chi connectivity index (χ4n) is 5.44. The van der Waals surface area contributed by atoms with Crippen molar-refractivity contribution in [3.05, 3.63) is 45.8 Å². The lowest BCUT2D eigenvalue weighted by atomic mass is 9.93. The first-order valence-electron chi connectivity index (χ1n) is 13.4. The second kappa shape index (κ2) is 12.6. The molecule has 1 atom stereocenters. The number of benzene rings is 1. The molecule has 2 aromatic rings. The number of aliphatic hydroxyl groups excluding tert-OH is 1. The summed E-state index contributed by atoms with van der Waals surface area (Å²) in [6, 6.07) is 2.35. The van der Waals surface area contributed by atoms with Crippen molar-refractivity contribution in [1.82, 2.24) is 14.8 Å². The van der Waals surface area contributed by atoms with Crippen molar-refractivity contribution in [2.75, 3.05) is 67.3 Å². The van der Waals surface area contributed by atoms with Gasteiger partial charge in [-0.3, -0.25) is 14.5 Å². The average molecular weight is 572 g/mol. The molecule has 0 aliphatic carbocycles. The van der Waals surface area contributed by atoms with E-state index in [0.717, 1.165) is 0 Å². The number of carbonyl (C=O) groups is 3. The van der Waals surface area contributed by atoms with Gasteiger partial charge >= 0.3 is 5.97 Å². The number of aromatic amines is 1. The monoisotopic (exact) mass is 571 g/mol. The number of likely N-dealkylation sites (tertiary alicyclic amines) is 1. The fourth-order valence-corrected chi connectivity index (χ4v) is 5.44. The number of hydrogen-bond acceptors (Lipinski definition) is 10. The van der Waals surface area contributed by atoms with E-state index in [0.29, 0.717) is 66.9 Å². The minimum absolute atomic E-state index is 0.105. The van der Waals surface area contributed by atoms with E-state index in [1.807, 2.05) is 0 Å². The highest BCUT2D eigenvalue weighted by Gasteiger charge is 2.47. The summed E-state index contributed by atoms with van der Waals surface area (Å²) < 4.78 is 27.1. The number of morpholine rings is 1. The molecule has 3 heterocycles. The quantitative estimate of drug-likeness (QED) is 0.189. The Bertz CT molecular complexity index is 1330. The van der Waals surface area contributed by atoms with Crippen LogP contribution in [0, 0.1) is 13.8 Å². The van der Waals surface area contributed by atoms with E-state index in [1.54, 1.807) is 32.9 Å². The normalized spacial score (nSPS) is 19.0. The average Bonchev–Trinajstić information content (AvgIpc) is 3.42.